The highest BCUT2D eigenvalue weighted by Gasteiger charge is 2.40. The summed E-state index contributed by atoms with van der Waals surface area (Å²) in [5, 5.41) is 8.67. The lowest BCUT2D eigenvalue weighted by Crippen LogP contribution is -2.44. The van der Waals surface area contributed by atoms with Gasteiger partial charge in [-0.25, -0.2) is 9.59 Å². The van der Waals surface area contributed by atoms with E-state index in [0.29, 0.717) is 25.1 Å². The number of hydrogen-bond donors (Lipinski definition) is 1. The average molecular weight is 424 g/mol. The third-order valence-electron chi connectivity index (χ3n) is 4.16. The maximum Gasteiger partial charge on any atom is 0.410 e. The van der Waals surface area contributed by atoms with Crippen LogP contribution < -0.4 is 4.74 Å². The number of nitrogens with zero attached hydrogens (tertiary/aromatic N) is 1. The molecule has 1 aromatic rings. The molecule has 0 radical (unpaired) electrons. The van der Waals surface area contributed by atoms with Crippen molar-refractivity contribution in [2.24, 2.45) is 0 Å². The lowest BCUT2D eigenvalue weighted by Gasteiger charge is -2.30. The summed E-state index contributed by atoms with van der Waals surface area (Å²) in [6.07, 6.45) is 0.168. The maximum absolute atomic E-state index is 12.6. The number of esters is 1. The van der Waals surface area contributed by atoms with E-state index in [1.807, 2.05) is 13.8 Å². The Bertz CT molecular complexity index is 709. The number of likely N-dealkylation sites (tertiary alicyclic amines) is 1. The zero-order chi connectivity index (χ0) is 22.9. The molecule has 1 aliphatic rings. The van der Waals surface area contributed by atoms with E-state index >= 15 is 0 Å². The van der Waals surface area contributed by atoms with Crippen LogP contribution in [0.5, 0.6) is 5.75 Å². The summed E-state index contributed by atoms with van der Waals surface area (Å²) in [6, 6.07) is 6.60. The summed E-state index contributed by atoms with van der Waals surface area (Å²) >= 11 is 0. The molecular weight excluding hydrogens is 390 g/mol. The second-order valence-electron chi connectivity index (χ2n) is 7.71. The van der Waals surface area contributed by atoms with E-state index in [4.69, 9.17) is 19.3 Å². The Morgan fingerprint density at radius 3 is 2.23 bits per heavy atom. The van der Waals surface area contributed by atoms with Gasteiger partial charge in [-0.05, 0) is 44.9 Å². The number of carbonyl (C=O) groups excluding carboxylic acids is 2. The van der Waals surface area contributed by atoms with Crippen LogP contribution in [-0.2, 0) is 25.5 Å². The van der Waals surface area contributed by atoms with Crippen molar-refractivity contribution in [2.45, 2.75) is 72.1 Å². The van der Waals surface area contributed by atoms with Gasteiger partial charge in [-0.1, -0.05) is 26.0 Å². The first-order valence-corrected chi connectivity index (χ1v) is 10.2. The van der Waals surface area contributed by atoms with Gasteiger partial charge in [0.2, 0.25) is 0 Å². The van der Waals surface area contributed by atoms with Crippen LogP contribution in [0.15, 0.2) is 24.3 Å². The number of hydrogen-bond acceptors (Lipinski definition) is 6. The van der Waals surface area contributed by atoms with Crippen LogP contribution in [0, 0.1) is 0 Å². The number of rotatable bonds is 6. The summed E-state index contributed by atoms with van der Waals surface area (Å²) < 4.78 is 16.0. The Kier molecular flexibility index (Phi) is 9.62. The lowest BCUT2D eigenvalue weighted by atomic mass is 10.0. The van der Waals surface area contributed by atoms with Crippen molar-refractivity contribution in [3.63, 3.8) is 0 Å². The van der Waals surface area contributed by atoms with Crippen LogP contribution in [0.1, 0.15) is 53.5 Å². The van der Waals surface area contributed by atoms with Crippen molar-refractivity contribution >= 4 is 18.0 Å². The topological polar surface area (TPSA) is 102 Å². The molecule has 8 nitrogen and oxygen atoms in total. The minimum atomic E-state index is -1.05. The van der Waals surface area contributed by atoms with E-state index in [2.05, 4.69) is 0 Å². The number of benzene rings is 1. The molecule has 0 unspecified atom stereocenters. The van der Waals surface area contributed by atoms with Gasteiger partial charge < -0.3 is 24.2 Å². The highest BCUT2D eigenvalue weighted by molar-refractivity contribution is 5.70. The SMILES string of the molecule is CC.CC(=O)O[C@@H]1CCN(C(=O)OC(C)(C)C)[C@@H]1Cc1ccc(OCC(=O)O)cc1. The molecule has 0 saturated carbocycles. The second-order valence-corrected chi connectivity index (χ2v) is 7.71. The first-order chi connectivity index (χ1) is 14.0. The smallest absolute Gasteiger partial charge is 0.410 e. The van der Waals surface area contributed by atoms with Gasteiger partial charge in [0.25, 0.3) is 0 Å². The van der Waals surface area contributed by atoms with E-state index in [1.165, 1.54) is 6.92 Å². The van der Waals surface area contributed by atoms with Gasteiger partial charge in [0, 0.05) is 19.9 Å². The van der Waals surface area contributed by atoms with Crippen molar-refractivity contribution in [1.29, 1.82) is 0 Å². The number of ether oxygens (including phenoxy) is 3. The molecule has 1 aromatic carbocycles. The molecule has 0 bridgehead atoms. The molecule has 1 heterocycles. The maximum atomic E-state index is 12.6. The fraction of sp³-hybridized carbons (Fsp3) is 0.591. The monoisotopic (exact) mass is 423 g/mol. The van der Waals surface area contributed by atoms with Crippen LogP contribution in [-0.4, -0.2) is 58.9 Å². The molecule has 2 atom stereocenters. The van der Waals surface area contributed by atoms with Gasteiger partial charge in [0.05, 0.1) is 6.04 Å². The van der Waals surface area contributed by atoms with Gasteiger partial charge in [-0.15, -0.1) is 0 Å². The molecule has 1 amide bonds. The minimum Gasteiger partial charge on any atom is -0.482 e. The summed E-state index contributed by atoms with van der Waals surface area (Å²) in [7, 11) is 0. The van der Waals surface area contributed by atoms with Crippen LogP contribution in [0.2, 0.25) is 0 Å². The van der Waals surface area contributed by atoms with Crippen molar-refractivity contribution in [3.8, 4) is 5.75 Å². The van der Waals surface area contributed by atoms with Crippen LogP contribution in [0.25, 0.3) is 0 Å². The predicted octanol–water partition coefficient (Wildman–Crippen LogP) is 3.66. The molecule has 0 aromatic heterocycles. The van der Waals surface area contributed by atoms with E-state index in [-0.39, 0.29) is 6.04 Å². The van der Waals surface area contributed by atoms with Gasteiger partial charge >= 0.3 is 18.0 Å². The van der Waals surface area contributed by atoms with Gasteiger partial charge in [-0.2, -0.15) is 0 Å². The van der Waals surface area contributed by atoms with E-state index in [9.17, 15) is 14.4 Å². The zero-order valence-corrected chi connectivity index (χ0v) is 18.6. The third-order valence-corrected chi connectivity index (χ3v) is 4.16. The first kappa shape index (κ1) is 25.3. The number of carbonyl (C=O) groups is 3. The molecule has 168 valence electrons. The van der Waals surface area contributed by atoms with Crippen LogP contribution in [0.3, 0.4) is 0 Å². The van der Waals surface area contributed by atoms with Crippen molar-refractivity contribution in [2.75, 3.05) is 13.2 Å². The standard InChI is InChI=1S/C20H27NO7.C2H6/c1-13(22)27-17-9-10-21(19(25)28-20(2,3)4)16(17)11-14-5-7-15(8-6-14)26-12-18(23)24;1-2/h5-8,16-17H,9-12H2,1-4H3,(H,23,24);1-2H3/t16-,17-;/m1./s1. The van der Waals surface area contributed by atoms with E-state index in [0.717, 1.165) is 5.56 Å². The van der Waals surface area contributed by atoms with Crippen molar-refractivity contribution in [3.05, 3.63) is 29.8 Å². The Morgan fingerprint density at radius 1 is 1.13 bits per heavy atom. The molecule has 1 N–H and O–H groups in total. The van der Waals surface area contributed by atoms with Crippen LogP contribution in [0.4, 0.5) is 4.79 Å². The highest BCUT2D eigenvalue weighted by Crippen LogP contribution is 2.27. The normalized spacial score (nSPS) is 18.1. The Balaban J connectivity index is 0.00000218. The second kappa shape index (κ2) is 11.4. The van der Waals surface area contributed by atoms with E-state index in [1.54, 1.807) is 49.9 Å². The van der Waals surface area contributed by atoms with Crippen molar-refractivity contribution < 1.29 is 33.7 Å². The Labute approximate surface area is 178 Å². The Hall–Kier alpha value is -2.77. The quantitative estimate of drug-likeness (QED) is 0.697. The largest absolute Gasteiger partial charge is 0.482 e. The summed E-state index contributed by atoms with van der Waals surface area (Å²) in [5.74, 6) is -0.996. The van der Waals surface area contributed by atoms with Gasteiger partial charge in [-0.3, -0.25) is 4.79 Å². The van der Waals surface area contributed by atoms with Gasteiger partial charge in [0.1, 0.15) is 17.5 Å². The third kappa shape index (κ3) is 8.31. The molecule has 2 rings (SSSR count). The predicted molar refractivity (Wildman–Crippen MR) is 112 cm³/mol. The van der Waals surface area contributed by atoms with Crippen molar-refractivity contribution in [1.82, 2.24) is 4.90 Å². The number of amides is 1. The molecule has 1 aliphatic heterocycles. The highest BCUT2D eigenvalue weighted by atomic mass is 16.6. The fourth-order valence-corrected chi connectivity index (χ4v) is 3.07. The zero-order valence-electron chi connectivity index (χ0n) is 18.6. The number of carboxylic acid groups (broad SMARTS) is 1. The molecule has 1 fully saturated rings. The summed E-state index contributed by atoms with van der Waals surface area (Å²) in [4.78, 5) is 36.2. The number of aliphatic carboxylic acids is 1. The molecule has 0 spiro atoms. The summed E-state index contributed by atoms with van der Waals surface area (Å²) in [6.45, 7) is 10.8. The minimum absolute atomic E-state index is 0.343. The van der Waals surface area contributed by atoms with E-state index < -0.39 is 36.3 Å². The average Bonchev–Trinajstić information content (AvgIpc) is 3.03. The molecule has 30 heavy (non-hydrogen) atoms. The molecule has 0 aliphatic carbocycles. The summed E-state index contributed by atoms with van der Waals surface area (Å²) in [5.41, 5.74) is 0.282. The van der Waals surface area contributed by atoms with Crippen LogP contribution >= 0.6 is 0 Å². The molecule has 1 saturated heterocycles. The first-order valence-electron chi connectivity index (χ1n) is 10.2. The van der Waals surface area contributed by atoms with Gasteiger partial charge in [0.15, 0.2) is 6.61 Å². The lowest BCUT2D eigenvalue weighted by molar-refractivity contribution is -0.147. The fourth-order valence-electron chi connectivity index (χ4n) is 3.07. The molecule has 8 heteroatoms. The number of carboxylic acids is 1. The Morgan fingerprint density at radius 2 is 1.73 bits per heavy atom. The molecular formula is C22H33NO7.